The van der Waals surface area contributed by atoms with Crippen LogP contribution in [0.1, 0.15) is 36.6 Å². The number of pyridine rings is 1. The van der Waals surface area contributed by atoms with Crippen molar-refractivity contribution in [2.45, 2.75) is 33.2 Å². The number of benzene rings is 1. The van der Waals surface area contributed by atoms with Crippen molar-refractivity contribution >= 4 is 23.0 Å². The highest BCUT2D eigenvalue weighted by Gasteiger charge is 2.20. The largest absolute Gasteiger partial charge is 0.341 e. The molecule has 0 fully saturated rings. The molecule has 0 aliphatic carbocycles. The van der Waals surface area contributed by atoms with Crippen molar-refractivity contribution in [1.29, 1.82) is 0 Å². The van der Waals surface area contributed by atoms with E-state index in [4.69, 9.17) is 12.2 Å². The third kappa shape index (κ3) is 5.26. The van der Waals surface area contributed by atoms with Crippen molar-refractivity contribution in [3.8, 4) is 0 Å². The summed E-state index contributed by atoms with van der Waals surface area (Å²) in [6.45, 7) is 8.28. The molecule has 2 rings (SSSR count). The summed E-state index contributed by atoms with van der Waals surface area (Å²) in [5.41, 5.74) is 4.85. The van der Waals surface area contributed by atoms with Gasteiger partial charge >= 0.3 is 0 Å². The molecule has 1 aromatic carbocycles. The number of likely N-dealkylation sites (N-methyl/N-ethyl adjacent to an activating group) is 1. The molecule has 0 saturated carbocycles. The first kappa shape index (κ1) is 20.3. The third-order valence-electron chi connectivity index (χ3n) is 4.68. The van der Waals surface area contributed by atoms with Crippen LogP contribution in [0.5, 0.6) is 0 Å². The molecule has 140 valence electrons. The van der Waals surface area contributed by atoms with Crippen LogP contribution in [0.15, 0.2) is 42.7 Å². The average molecular weight is 371 g/mol. The zero-order valence-corrected chi connectivity index (χ0v) is 17.3. The second-order valence-corrected chi connectivity index (χ2v) is 7.23. The number of anilines is 1. The van der Waals surface area contributed by atoms with Crippen molar-refractivity contribution in [2.75, 3.05) is 32.5 Å². The molecular weight excluding hydrogens is 340 g/mol. The Morgan fingerprint density at radius 1 is 1.15 bits per heavy atom. The number of hydrogen-bond donors (Lipinski definition) is 1. The number of aromatic nitrogens is 1. The van der Waals surface area contributed by atoms with Crippen LogP contribution in [0.2, 0.25) is 0 Å². The Bertz CT molecular complexity index is 715. The maximum Gasteiger partial charge on any atom is 0.173 e. The molecule has 26 heavy (non-hydrogen) atoms. The van der Waals surface area contributed by atoms with Gasteiger partial charge in [-0.05, 0) is 75.4 Å². The fourth-order valence-electron chi connectivity index (χ4n) is 2.98. The molecule has 0 aliphatic rings. The number of para-hydroxylation sites is 1. The van der Waals surface area contributed by atoms with E-state index < -0.39 is 0 Å². The Morgan fingerprint density at radius 3 is 2.46 bits per heavy atom. The summed E-state index contributed by atoms with van der Waals surface area (Å²) in [4.78, 5) is 8.57. The van der Waals surface area contributed by atoms with Crippen molar-refractivity contribution in [3.05, 3.63) is 59.4 Å². The van der Waals surface area contributed by atoms with Crippen LogP contribution < -0.4 is 5.32 Å². The fourth-order valence-corrected chi connectivity index (χ4v) is 3.33. The van der Waals surface area contributed by atoms with Crippen LogP contribution in [0.25, 0.3) is 0 Å². The lowest BCUT2D eigenvalue weighted by Crippen LogP contribution is -2.41. The molecule has 5 heteroatoms. The lowest BCUT2D eigenvalue weighted by atomic mass is 10.1. The monoisotopic (exact) mass is 370 g/mol. The molecule has 0 saturated heterocycles. The summed E-state index contributed by atoms with van der Waals surface area (Å²) < 4.78 is 0. The molecule has 0 amide bonds. The number of aryl methyl sites for hydroxylation is 2. The minimum absolute atomic E-state index is 0.173. The zero-order valence-electron chi connectivity index (χ0n) is 16.5. The van der Waals surface area contributed by atoms with E-state index in [1.54, 1.807) is 0 Å². The summed E-state index contributed by atoms with van der Waals surface area (Å²) in [6.07, 6.45) is 4.65. The van der Waals surface area contributed by atoms with E-state index in [-0.39, 0.29) is 6.04 Å². The highest BCUT2D eigenvalue weighted by atomic mass is 32.1. The fraction of sp³-hybridized carbons (Fsp3) is 0.429. The van der Waals surface area contributed by atoms with Gasteiger partial charge in [-0.25, -0.2) is 0 Å². The Morgan fingerprint density at radius 2 is 1.85 bits per heavy atom. The number of nitrogens with zero attached hydrogens (tertiary/aromatic N) is 3. The standard InChI is InChI=1S/C21H30N4S/c1-6-18-9-7-8-16(2)20(18)23-21(26)25(15-14-24(4)5)17(3)19-10-12-22-13-11-19/h7-13,17H,6,14-15H2,1-5H3,(H,23,26)/t17-/m1/s1. The highest BCUT2D eigenvalue weighted by Crippen LogP contribution is 2.24. The van der Waals surface area contributed by atoms with E-state index in [0.717, 1.165) is 30.3 Å². The Kier molecular flexibility index (Phi) is 7.54. The van der Waals surface area contributed by atoms with Gasteiger partial charge in [0.25, 0.3) is 0 Å². The van der Waals surface area contributed by atoms with Gasteiger partial charge in [-0.2, -0.15) is 0 Å². The van der Waals surface area contributed by atoms with Gasteiger partial charge in [0.2, 0.25) is 0 Å². The number of nitrogens with one attached hydrogen (secondary N) is 1. The van der Waals surface area contributed by atoms with Crippen molar-refractivity contribution in [3.63, 3.8) is 0 Å². The second-order valence-electron chi connectivity index (χ2n) is 6.85. The molecule has 4 nitrogen and oxygen atoms in total. The van der Waals surface area contributed by atoms with Crippen LogP contribution in [0.4, 0.5) is 5.69 Å². The van der Waals surface area contributed by atoms with Crippen LogP contribution in [0.3, 0.4) is 0 Å². The zero-order chi connectivity index (χ0) is 19.1. The molecule has 1 heterocycles. The predicted molar refractivity (Wildman–Crippen MR) is 115 cm³/mol. The van der Waals surface area contributed by atoms with Gasteiger partial charge in [-0.1, -0.05) is 25.1 Å². The van der Waals surface area contributed by atoms with E-state index in [0.29, 0.717) is 0 Å². The van der Waals surface area contributed by atoms with E-state index in [9.17, 15) is 0 Å². The summed E-state index contributed by atoms with van der Waals surface area (Å²) in [5.74, 6) is 0. The molecule has 2 aromatic rings. The Balaban J connectivity index is 2.26. The predicted octanol–water partition coefficient (Wildman–Crippen LogP) is 4.27. The highest BCUT2D eigenvalue weighted by molar-refractivity contribution is 7.80. The van der Waals surface area contributed by atoms with Crippen LogP contribution in [-0.2, 0) is 6.42 Å². The number of rotatable bonds is 7. The number of thiocarbonyl (C=S) groups is 1. The molecule has 0 radical (unpaired) electrons. The number of hydrogen-bond acceptors (Lipinski definition) is 3. The first-order valence-electron chi connectivity index (χ1n) is 9.14. The summed E-state index contributed by atoms with van der Waals surface area (Å²) in [5, 5.41) is 4.29. The SMILES string of the molecule is CCc1cccc(C)c1NC(=S)N(CCN(C)C)[C@H](C)c1ccncc1. The molecule has 0 spiro atoms. The van der Waals surface area contributed by atoms with Gasteiger partial charge < -0.3 is 15.1 Å². The molecule has 1 aromatic heterocycles. The summed E-state index contributed by atoms with van der Waals surface area (Å²) >= 11 is 5.83. The smallest absolute Gasteiger partial charge is 0.173 e. The normalized spacial score (nSPS) is 12.1. The maximum atomic E-state index is 5.83. The van der Waals surface area contributed by atoms with E-state index in [2.05, 4.69) is 85.3 Å². The van der Waals surface area contributed by atoms with Crippen LogP contribution in [0, 0.1) is 6.92 Å². The average Bonchev–Trinajstić information content (AvgIpc) is 2.63. The third-order valence-corrected chi connectivity index (χ3v) is 5.01. The molecular formula is C21H30N4S. The molecule has 0 aliphatic heterocycles. The summed E-state index contributed by atoms with van der Waals surface area (Å²) in [7, 11) is 4.17. The first-order valence-corrected chi connectivity index (χ1v) is 9.55. The van der Waals surface area contributed by atoms with Gasteiger partial charge in [0, 0.05) is 31.2 Å². The minimum Gasteiger partial charge on any atom is -0.341 e. The molecule has 0 bridgehead atoms. The molecule has 1 atom stereocenters. The van der Waals surface area contributed by atoms with Crippen LogP contribution >= 0.6 is 12.2 Å². The first-order chi connectivity index (χ1) is 12.4. The Hall–Kier alpha value is -1.98. The second kappa shape index (κ2) is 9.64. The quantitative estimate of drug-likeness (QED) is 0.736. The van der Waals surface area contributed by atoms with Crippen molar-refractivity contribution in [2.24, 2.45) is 0 Å². The van der Waals surface area contributed by atoms with Gasteiger partial charge in [0.05, 0.1) is 6.04 Å². The topological polar surface area (TPSA) is 31.4 Å². The van der Waals surface area contributed by atoms with E-state index >= 15 is 0 Å². The van der Waals surface area contributed by atoms with Gasteiger partial charge in [-0.3, -0.25) is 4.98 Å². The lowest BCUT2D eigenvalue weighted by Gasteiger charge is -2.33. The van der Waals surface area contributed by atoms with Gasteiger partial charge in [0.15, 0.2) is 5.11 Å². The lowest BCUT2D eigenvalue weighted by molar-refractivity contribution is 0.289. The van der Waals surface area contributed by atoms with Crippen LogP contribution in [-0.4, -0.2) is 47.1 Å². The van der Waals surface area contributed by atoms with Gasteiger partial charge in [-0.15, -0.1) is 0 Å². The Labute approximate surface area is 163 Å². The maximum absolute atomic E-state index is 5.83. The van der Waals surface area contributed by atoms with E-state index in [1.807, 2.05) is 12.4 Å². The van der Waals surface area contributed by atoms with Gasteiger partial charge in [0.1, 0.15) is 0 Å². The van der Waals surface area contributed by atoms with Crippen molar-refractivity contribution in [1.82, 2.24) is 14.8 Å². The summed E-state index contributed by atoms with van der Waals surface area (Å²) in [6, 6.07) is 10.7. The minimum atomic E-state index is 0.173. The molecule has 1 N–H and O–H groups in total. The molecule has 0 unspecified atom stereocenters. The van der Waals surface area contributed by atoms with E-state index in [1.165, 1.54) is 16.7 Å². The van der Waals surface area contributed by atoms with Crippen molar-refractivity contribution < 1.29 is 0 Å².